The highest BCUT2D eigenvalue weighted by atomic mass is 16.7. The lowest BCUT2D eigenvalue weighted by Gasteiger charge is -2.62. The van der Waals surface area contributed by atoms with Crippen LogP contribution >= 0.6 is 0 Å². The number of aliphatic hydroxyl groups excluding tert-OH is 2. The molecule has 6 saturated carbocycles. The normalized spacial score (nSPS) is 40.6. The average molecular weight is 774 g/mol. The van der Waals surface area contributed by atoms with Crippen LogP contribution in [0.25, 0.3) is 0 Å². The van der Waals surface area contributed by atoms with Gasteiger partial charge in [-0.1, -0.05) is 59.3 Å². The van der Waals surface area contributed by atoms with Crippen LogP contribution in [0.2, 0.25) is 0 Å². The summed E-state index contributed by atoms with van der Waals surface area (Å²) in [5.74, 6) is 0.985. The summed E-state index contributed by atoms with van der Waals surface area (Å²) in [5, 5.41) is 29.7. The molecule has 0 aromatic heterocycles. The first kappa shape index (κ1) is 42.8. The summed E-state index contributed by atoms with van der Waals surface area (Å²) >= 11 is 0. The second-order valence-electron chi connectivity index (χ2n) is 19.8. The molecule has 12 nitrogen and oxygen atoms in total. The van der Waals surface area contributed by atoms with Gasteiger partial charge in [-0.2, -0.15) is 5.06 Å². The largest absolute Gasteiger partial charge is 0.394 e. The highest BCUT2D eigenvalue weighted by Gasteiger charge is 2.58. The monoisotopic (exact) mass is 774 g/mol. The smallest absolute Gasteiger partial charge is 0.240 e. The molecule has 55 heavy (non-hydrogen) atoms. The number of hydrogen-bond acceptors (Lipinski definition) is 9. The van der Waals surface area contributed by atoms with Gasteiger partial charge in [0.15, 0.2) is 0 Å². The Balaban J connectivity index is 1.15. The first-order chi connectivity index (χ1) is 26.1. The Hall–Kier alpha value is -1.83. The van der Waals surface area contributed by atoms with Gasteiger partial charge in [0.25, 0.3) is 0 Å². The average Bonchev–Trinajstić information content (AvgIpc) is 3.53. The van der Waals surface area contributed by atoms with E-state index in [1.807, 2.05) is 0 Å². The summed E-state index contributed by atoms with van der Waals surface area (Å²) in [6.07, 6.45) is 12.2. The van der Waals surface area contributed by atoms with Gasteiger partial charge in [0, 0.05) is 43.5 Å². The minimum Gasteiger partial charge on any atom is -0.394 e. The number of nitrogens with zero attached hydrogens (tertiary/aromatic N) is 2. The Labute approximate surface area is 330 Å². The Morgan fingerprint density at radius 1 is 1.00 bits per heavy atom. The zero-order chi connectivity index (χ0) is 39.8. The number of hydroxylamine groups is 2. The fourth-order valence-electron chi connectivity index (χ4n) is 12.7. The predicted molar refractivity (Wildman–Crippen MR) is 211 cm³/mol. The van der Waals surface area contributed by atoms with E-state index >= 15 is 0 Å². The molecule has 1 saturated heterocycles. The van der Waals surface area contributed by atoms with Gasteiger partial charge >= 0.3 is 0 Å². The van der Waals surface area contributed by atoms with E-state index in [0.29, 0.717) is 42.1 Å². The predicted octanol–water partition coefficient (Wildman–Crippen LogP) is 3.87. The third-order valence-electron chi connectivity index (χ3n) is 16.1. The topological polar surface area (TPSA) is 167 Å². The van der Waals surface area contributed by atoms with E-state index in [-0.39, 0.29) is 60.3 Å². The Kier molecular flexibility index (Phi) is 14.0. The van der Waals surface area contributed by atoms with Crippen molar-refractivity contribution in [1.82, 2.24) is 20.6 Å². The molecule has 2 bridgehead atoms. The van der Waals surface area contributed by atoms with Crippen LogP contribution in [-0.2, 0) is 24.0 Å². The Bertz CT molecular complexity index is 1320. The highest BCUT2D eigenvalue weighted by molar-refractivity contribution is 5.87. The molecule has 15 atom stereocenters. The quantitative estimate of drug-likeness (QED) is 0.176. The SMILES string of the molecule is COC1C(CN2O[C@@H](CO)[C@@H]([C@H](C)O)[C@H]2C(=O)N[C@H]2C[C@H]3C[C@@H]([C@@H]2C)C3(C)C)CCCC1C1CC(C(=O)N[C@H](CC2CCCCC2)C(N)=O)CC(N(C)C)C1. The number of fused-ring (bicyclic) bond motifs is 2. The first-order valence-electron chi connectivity index (χ1n) is 22.0. The van der Waals surface area contributed by atoms with Crippen molar-refractivity contribution in [3.05, 3.63) is 0 Å². The third-order valence-corrected chi connectivity index (χ3v) is 16.1. The molecule has 3 amide bonds. The van der Waals surface area contributed by atoms with Crippen molar-refractivity contribution in [1.29, 1.82) is 0 Å². The van der Waals surface area contributed by atoms with Gasteiger partial charge in [0.1, 0.15) is 18.2 Å². The number of methoxy groups -OCH3 is 1. The summed E-state index contributed by atoms with van der Waals surface area (Å²) in [4.78, 5) is 49.5. The van der Waals surface area contributed by atoms with E-state index in [0.717, 1.165) is 57.8 Å². The van der Waals surface area contributed by atoms with Gasteiger partial charge in [-0.3, -0.25) is 19.2 Å². The molecule has 6 aliphatic carbocycles. The van der Waals surface area contributed by atoms with Crippen LogP contribution in [0.5, 0.6) is 0 Å². The number of hydrogen-bond donors (Lipinski definition) is 5. The van der Waals surface area contributed by atoms with Crippen molar-refractivity contribution < 1.29 is 34.2 Å². The Morgan fingerprint density at radius 3 is 2.33 bits per heavy atom. The fourth-order valence-corrected chi connectivity index (χ4v) is 12.7. The van der Waals surface area contributed by atoms with Crippen LogP contribution in [0, 0.1) is 58.7 Å². The van der Waals surface area contributed by atoms with E-state index in [4.69, 9.17) is 15.3 Å². The summed E-state index contributed by atoms with van der Waals surface area (Å²) in [6, 6.07) is -1.09. The number of carbonyl (C=O) groups excluding carboxylic acids is 3. The number of amides is 3. The summed E-state index contributed by atoms with van der Waals surface area (Å²) in [6.45, 7) is 8.82. The molecule has 7 fully saturated rings. The molecule has 12 heteroatoms. The van der Waals surface area contributed by atoms with Crippen LogP contribution < -0.4 is 16.4 Å². The number of aliphatic hydroxyl groups is 2. The molecule has 0 aromatic rings. The summed E-state index contributed by atoms with van der Waals surface area (Å²) < 4.78 is 6.39. The van der Waals surface area contributed by atoms with Gasteiger partial charge in [-0.15, -0.1) is 0 Å². The lowest BCUT2D eigenvalue weighted by Crippen LogP contribution is -2.62. The number of rotatable bonds is 14. The molecule has 6 N–H and O–H groups in total. The van der Waals surface area contributed by atoms with Crippen molar-refractivity contribution in [2.75, 3.05) is 34.4 Å². The molecular formula is C43H75N5O7. The summed E-state index contributed by atoms with van der Waals surface area (Å²) in [7, 11) is 5.94. The van der Waals surface area contributed by atoms with Gasteiger partial charge < -0.3 is 36.2 Å². The van der Waals surface area contributed by atoms with Gasteiger partial charge in [0.2, 0.25) is 17.7 Å². The van der Waals surface area contributed by atoms with Crippen LogP contribution in [-0.4, -0.2) is 115 Å². The van der Waals surface area contributed by atoms with Crippen LogP contribution in [0.15, 0.2) is 0 Å². The van der Waals surface area contributed by atoms with Crippen molar-refractivity contribution in [2.24, 2.45) is 64.4 Å². The molecule has 1 heterocycles. The molecule has 0 radical (unpaired) electrons. The molecule has 6 unspecified atom stereocenters. The molecule has 1 aliphatic heterocycles. The lowest BCUT2D eigenvalue weighted by molar-refractivity contribution is -0.193. The van der Waals surface area contributed by atoms with Crippen molar-refractivity contribution >= 4 is 17.7 Å². The van der Waals surface area contributed by atoms with E-state index < -0.39 is 36.1 Å². The minimum absolute atomic E-state index is 0.0509. The number of primary amides is 1. The van der Waals surface area contributed by atoms with Crippen molar-refractivity contribution in [3.63, 3.8) is 0 Å². The van der Waals surface area contributed by atoms with Crippen LogP contribution in [0.1, 0.15) is 118 Å². The zero-order valence-corrected chi connectivity index (χ0v) is 35.0. The minimum atomic E-state index is -0.851. The third kappa shape index (κ3) is 9.09. The second kappa shape index (κ2) is 18.0. The molecule has 7 aliphatic rings. The van der Waals surface area contributed by atoms with Crippen molar-refractivity contribution in [2.45, 2.75) is 160 Å². The van der Waals surface area contributed by atoms with Crippen LogP contribution in [0.4, 0.5) is 0 Å². The van der Waals surface area contributed by atoms with E-state index in [2.05, 4.69) is 50.4 Å². The molecule has 0 aromatic carbocycles. The van der Waals surface area contributed by atoms with E-state index in [1.165, 1.54) is 25.7 Å². The summed E-state index contributed by atoms with van der Waals surface area (Å²) in [5.41, 5.74) is 6.17. The fraction of sp³-hybridized carbons (Fsp3) is 0.930. The van der Waals surface area contributed by atoms with Crippen molar-refractivity contribution in [3.8, 4) is 0 Å². The number of ether oxygens (including phenoxy) is 1. The molecule has 314 valence electrons. The zero-order valence-electron chi connectivity index (χ0n) is 35.0. The maximum absolute atomic E-state index is 14.3. The standard InChI is InChI=1S/C43H75N5O7/c1-24-33-20-30(43(33,3)4)21-34(24)45-42(53)38-37(25(2)50)36(23-49)55-48(38)22-27-14-11-15-32(39(27)54-7)28-17-29(19-31(18-28)47(5)6)41(52)46-35(40(44)51)16-26-12-9-8-10-13-26/h24-39,49-50H,8-23H2,1-7H3,(H2,44,51)(H,45,53)(H,46,52)/t24-,25-,27?,28?,29?,30+,31?,32?,33-,34-,35+,36-,37+,38-,39?/m0/s1. The lowest BCUT2D eigenvalue weighted by atomic mass is 9.45. The molecule has 0 spiro atoms. The number of nitrogens with one attached hydrogen (secondary N) is 2. The molecular weight excluding hydrogens is 699 g/mol. The number of carbonyl (C=O) groups is 3. The van der Waals surface area contributed by atoms with E-state index in [9.17, 15) is 24.6 Å². The second-order valence-corrected chi connectivity index (χ2v) is 19.8. The maximum Gasteiger partial charge on any atom is 0.240 e. The number of nitrogens with two attached hydrogens (primary N) is 1. The van der Waals surface area contributed by atoms with E-state index in [1.54, 1.807) is 19.1 Å². The van der Waals surface area contributed by atoms with Gasteiger partial charge in [-0.05, 0) is 113 Å². The van der Waals surface area contributed by atoms with Gasteiger partial charge in [0.05, 0.1) is 18.8 Å². The maximum atomic E-state index is 14.3. The molecule has 7 rings (SSSR count). The Morgan fingerprint density at radius 2 is 1.73 bits per heavy atom. The first-order valence-corrected chi connectivity index (χ1v) is 22.0. The van der Waals surface area contributed by atoms with Crippen LogP contribution in [0.3, 0.4) is 0 Å². The van der Waals surface area contributed by atoms with Gasteiger partial charge in [-0.25, -0.2) is 0 Å². The highest BCUT2D eigenvalue weighted by Crippen LogP contribution is 2.61.